The molecule has 0 aliphatic carbocycles. The highest BCUT2D eigenvalue weighted by atomic mass is 16.5. The molecule has 6 heteroatoms. The van der Waals surface area contributed by atoms with Crippen molar-refractivity contribution in [3.63, 3.8) is 0 Å². The van der Waals surface area contributed by atoms with E-state index < -0.39 is 0 Å². The van der Waals surface area contributed by atoms with Gasteiger partial charge in [0.1, 0.15) is 18.1 Å². The first-order chi connectivity index (χ1) is 16.6. The fraction of sp³-hybridized carbons (Fsp3) is 0.357. The molecule has 0 N–H and O–H groups in total. The summed E-state index contributed by atoms with van der Waals surface area (Å²) in [5.74, 6) is 0.197. The molecular formula is C28H32N2O4. The first kappa shape index (κ1) is 23.6. The van der Waals surface area contributed by atoms with Crippen molar-refractivity contribution >= 4 is 22.8 Å². The summed E-state index contributed by atoms with van der Waals surface area (Å²) >= 11 is 0. The van der Waals surface area contributed by atoms with Gasteiger partial charge in [-0.05, 0) is 50.5 Å². The summed E-state index contributed by atoms with van der Waals surface area (Å²) in [6.45, 7) is 6.19. The van der Waals surface area contributed by atoms with E-state index in [1.165, 1.54) is 0 Å². The van der Waals surface area contributed by atoms with Gasteiger partial charge in [-0.15, -0.1) is 0 Å². The number of piperidine rings is 1. The number of aromatic nitrogens is 1. The number of nitrogens with zero attached hydrogens (tertiary/aromatic N) is 2. The van der Waals surface area contributed by atoms with Crippen molar-refractivity contribution in [1.29, 1.82) is 0 Å². The zero-order chi connectivity index (χ0) is 23.9. The number of likely N-dealkylation sites (tertiary alicyclic amines) is 1. The van der Waals surface area contributed by atoms with Crippen molar-refractivity contribution < 1.29 is 19.1 Å². The summed E-state index contributed by atoms with van der Waals surface area (Å²) in [6, 6.07) is 17.9. The standard InChI is InChI=1S/C28H32N2O4/c1-3-5-17-30-24-14-9-15-26(34-20-21-11-7-6-8-12-21)23(24)18-25(30)27(31)29-16-10-13-22(19-29)28(32)33-4-2/h3,5-9,11-12,14-15,18,22H,4,10,13,16-17,19-20H2,1-2H3/b5-3-. The summed E-state index contributed by atoms with van der Waals surface area (Å²) in [5, 5.41) is 0.908. The molecular weight excluding hydrogens is 428 g/mol. The molecule has 34 heavy (non-hydrogen) atoms. The molecule has 2 aromatic carbocycles. The predicted molar refractivity (Wildman–Crippen MR) is 133 cm³/mol. The van der Waals surface area contributed by atoms with Gasteiger partial charge in [0.2, 0.25) is 0 Å². The van der Waals surface area contributed by atoms with Gasteiger partial charge < -0.3 is 18.9 Å². The van der Waals surface area contributed by atoms with Crippen LogP contribution in [0, 0.1) is 5.92 Å². The number of carbonyl (C=O) groups is 2. The van der Waals surface area contributed by atoms with Crippen LogP contribution in [0.2, 0.25) is 0 Å². The van der Waals surface area contributed by atoms with Crippen molar-refractivity contribution in [3.8, 4) is 5.75 Å². The molecule has 178 valence electrons. The Hall–Kier alpha value is -3.54. The second-order valence-electron chi connectivity index (χ2n) is 8.51. The fourth-order valence-electron chi connectivity index (χ4n) is 4.48. The maximum absolute atomic E-state index is 13.7. The van der Waals surface area contributed by atoms with Crippen LogP contribution in [0.5, 0.6) is 5.75 Å². The molecule has 1 aliphatic rings. The molecule has 4 rings (SSSR count). The third-order valence-corrected chi connectivity index (χ3v) is 6.21. The van der Waals surface area contributed by atoms with Gasteiger partial charge in [0.15, 0.2) is 0 Å². The third-order valence-electron chi connectivity index (χ3n) is 6.21. The second-order valence-corrected chi connectivity index (χ2v) is 8.51. The lowest BCUT2D eigenvalue weighted by Gasteiger charge is -2.31. The van der Waals surface area contributed by atoms with Gasteiger partial charge in [0, 0.05) is 25.0 Å². The minimum atomic E-state index is -0.268. The van der Waals surface area contributed by atoms with Gasteiger partial charge in [-0.25, -0.2) is 0 Å². The summed E-state index contributed by atoms with van der Waals surface area (Å²) < 4.78 is 13.4. The Bertz CT molecular complexity index is 1170. The van der Waals surface area contributed by atoms with Gasteiger partial charge in [-0.1, -0.05) is 48.6 Å². The van der Waals surface area contributed by atoms with Crippen LogP contribution in [0.15, 0.2) is 66.7 Å². The maximum Gasteiger partial charge on any atom is 0.310 e. The Morgan fingerprint density at radius 1 is 1.12 bits per heavy atom. The number of carbonyl (C=O) groups excluding carboxylic acids is 2. The first-order valence-electron chi connectivity index (χ1n) is 12.0. The molecule has 1 amide bonds. The van der Waals surface area contributed by atoms with Crippen LogP contribution >= 0.6 is 0 Å². The van der Waals surface area contributed by atoms with E-state index in [4.69, 9.17) is 9.47 Å². The topological polar surface area (TPSA) is 60.8 Å². The largest absolute Gasteiger partial charge is 0.488 e. The van der Waals surface area contributed by atoms with Gasteiger partial charge in [-0.2, -0.15) is 0 Å². The number of esters is 1. The zero-order valence-corrected chi connectivity index (χ0v) is 19.9. The number of amides is 1. The van der Waals surface area contributed by atoms with Crippen molar-refractivity contribution in [2.75, 3.05) is 19.7 Å². The van der Waals surface area contributed by atoms with E-state index in [1.807, 2.05) is 78.2 Å². The van der Waals surface area contributed by atoms with E-state index in [0.717, 1.165) is 35.1 Å². The summed E-state index contributed by atoms with van der Waals surface area (Å²) in [6.07, 6.45) is 5.55. The van der Waals surface area contributed by atoms with Crippen molar-refractivity contribution in [2.24, 2.45) is 5.92 Å². The van der Waals surface area contributed by atoms with E-state index in [1.54, 1.807) is 11.8 Å². The average Bonchev–Trinajstić information content (AvgIpc) is 3.25. The van der Waals surface area contributed by atoms with Crippen LogP contribution in [-0.2, 0) is 22.7 Å². The van der Waals surface area contributed by atoms with Crippen LogP contribution in [0.1, 0.15) is 42.7 Å². The molecule has 1 aromatic heterocycles. The molecule has 1 fully saturated rings. The fourth-order valence-corrected chi connectivity index (χ4v) is 4.48. The Kier molecular flexibility index (Phi) is 7.68. The third kappa shape index (κ3) is 5.16. The van der Waals surface area contributed by atoms with Gasteiger partial charge >= 0.3 is 5.97 Å². The predicted octanol–water partition coefficient (Wildman–Crippen LogP) is 5.21. The van der Waals surface area contributed by atoms with Gasteiger partial charge in [0.05, 0.1) is 18.0 Å². The van der Waals surface area contributed by atoms with Crippen LogP contribution in [0.4, 0.5) is 0 Å². The Morgan fingerprint density at radius 2 is 1.94 bits per heavy atom. The summed E-state index contributed by atoms with van der Waals surface area (Å²) in [4.78, 5) is 27.7. The number of rotatable bonds is 8. The highest BCUT2D eigenvalue weighted by molar-refractivity contribution is 6.00. The van der Waals surface area contributed by atoms with E-state index in [0.29, 0.717) is 38.5 Å². The molecule has 1 saturated heterocycles. The number of hydrogen-bond acceptors (Lipinski definition) is 4. The molecule has 0 spiro atoms. The average molecular weight is 461 g/mol. The normalized spacial score (nSPS) is 16.2. The molecule has 0 radical (unpaired) electrons. The molecule has 0 bridgehead atoms. The van der Waals surface area contributed by atoms with Crippen molar-refractivity contribution in [3.05, 3.63) is 78.0 Å². The van der Waals surface area contributed by atoms with Crippen LogP contribution in [0.25, 0.3) is 10.9 Å². The van der Waals surface area contributed by atoms with Crippen LogP contribution in [-0.4, -0.2) is 41.0 Å². The summed E-state index contributed by atoms with van der Waals surface area (Å²) in [7, 11) is 0. The highest BCUT2D eigenvalue weighted by Crippen LogP contribution is 2.31. The molecule has 3 aromatic rings. The molecule has 1 unspecified atom stereocenters. The number of allylic oxidation sites excluding steroid dienone is 2. The van der Waals surface area contributed by atoms with Crippen LogP contribution < -0.4 is 4.74 Å². The molecule has 1 atom stereocenters. The lowest BCUT2D eigenvalue weighted by atomic mass is 9.98. The Labute approximate surface area is 200 Å². The molecule has 2 heterocycles. The van der Waals surface area contributed by atoms with E-state index in [-0.39, 0.29) is 17.8 Å². The SMILES string of the molecule is C/C=C\Cn1c(C(=O)N2CCCC(C(=O)OCC)C2)cc2c(OCc3ccccc3)cccc21. The highest BCUT2D eigenvalue weighted by Gasteiger charge is 2.31. The van der Waals surface area contributed by atoms with Gasteiger partial charge in [0.25, 0.3) is 5.91 Å². The number of benzene rings is 2. The number of fused-ring (bicyclic) bond motifs is 1. The monoisotopic (exact) mass is 460 g/mol. The quantitative estimate of drug-likeness (QED) is 0.342. The number of ether oxygens (including phenoxy) is 2. The Balaban J connectivity index is 1.64. The lowest BCUT2D eigenvalue weighted by molar-refractivity contribution is -0.149. The molecule has 0 saturated carbocycles. The van der Waals surface area contributed by atoms with Crippen LogP contribution in [0.3, 0.4) is 0 Å². The molecule has 6 nitrogen and oxygen atoms in total. The summed E-state index contributed by atoms with van der Waals surface area (Å²) in [5.41, 5.74) is 2.64. The van der Waals surface area contributed by atoms with E-state index >= 15 is 0 Å². The minimum Gasteiger partial charge on any atom is -0.488 e. The zero-order valence-electron chi connectivity index (χ0n) is 19.9. The Morgan fingerprint density at radius 3 is 2.71 bits per heavy atom. The van der Waals surface area contributed by atoms with Crippen molar-refractivity contribution in [2.45, 2.75) is 39.8 Å². The minimum absolute atomic E-state index is 0.0660. The van der Waals surface area contributed by atoms with E-state index in [2.05, 4.69) is 0 Å². The second kappa shape index (κ2) is 11.1. The smallest absolute Gasteiger partial charge is 0.310 e. The lowest BCUT2D eigenvalue weighted by Crippen LogP contribution is -2.43. The first-order valence-corrected chi connectivity index (χ1v) is 12.0. The van der Waals surface area contributed by atoms with E-state index in [9.17, 15) is 9.59 Å². The number of hydrogen-bond donors (Lipinski definition) is 0. The maximum atomic E-state index is 13.7. The molecule has 1 aliphatic heterocycles. The van der Waals surface area contributed by atoms with Crippen molar-refractivity contribution in [1.82, 2.24) is 9.47 Å². The van der Waals surface area contributed by atoms with Gasteiger partial charge in [-0.3, -0.25) is 9.59 Å².